The molecule has 0 aliphatic heterocycles. The molecule has 8 N–H and O–H groups in total. The van der Waals surface area contributed by atoms with Gasteiger partial charge in [0.1, 0.15) is 51.1 Å². The van der Waals surface area contributed by atoms with Crippen molar-refractivity contribution in [2.24, 2.45) is 30.7 Å². The number of aromatic hydroxyl groups is 2. The summed E-state index contributed by atoms with van der Waals surface area (Å²) in [5.74, 6) is -2.82. The van der Waals surface area contributed by atoms with E-state index in [1.165, 1.54) is 67.0 Å². The molecule has 298 valence electrons. The number of aromatic nitrogens is 3. The number of aromatic carboxylic acids is 1. The number of carboxylic acid groups (broad SMARTS) is 1. The summed E-state index contributed by atoms with van der Waals surface area (Å²) >= 11 is 0. The van der Waals surface area contributed by atoms with Crippen LogP contribution in [0.3, 0.4) is 0 Å². The van der Waals surface area contributed by atoms with Crippen LogP contribution in [0.25, 0.3) is 10.8 Å². The first-order chi connectivity index (χ1) is 27.8. The molecule has 0 saturated carbocycles. The first kappa shape index (κ1) is 46.8. The third-order valence-corrected chi connectivity index (χ3v) is 8.81. The number of hydrogen-bond donors (Lipinski definition) is 7. The zero-order valence-electron chi connectivity index (χ0n) is 32.2. The number of phenols is 2. The summed E-state index contributed by atoms with van der Waals surface area (Å²) in [5.41, 5.74) is 6.08. The summed E-state index contributed by atoms with van der Waals surface area (Å²) in [4.78, 5) is 27.7. The maximum atomic E-state index is 13.4. The summed E-state index contributed by atoms with van der Waals surface area (Å²) in [7, 11) is -5.05. The van der Waals surface area contributed by atoms with Crippen LogP contribution in [0.1, 0.15) is 34.6 Å². The number of aromatic amines is 1. The fourth-order valence-electron chi connectivity index (χ4n) is 5.29. The van der Waals surface area contributed by atoms with Crippen LogP contribution in [0, 0.1) is 0 Å². The van der Waals surface area contributed by atoms with Crippen LogP contribution < -0.4 is 20.5 Å². The van der Waals surface area contributed by atoms with Gasteiger partial charge in [0.25, 0.3) is 22.0 Å². The first-order valence-electron chi connectivity index (χ1n) is 16.8. The molecule has 0 aliphatic rings. The molecule has 21 nitrogen and oxygen atoms in total. The van der Waals surface area contributed by atoms with Crippen molar-refractivity contribution in [2.45, 2.75) is 18.7 Å². The van der Waals surface area contributed by atoms with E-state index in [0.717, 1.165) is 12.1 Å². The van der Waals surface area contributed by atoms with Crippen LogP contribution in [0.2, 0.25) is 0 Å². The van der Waals surface area contributed by atoms with Crippen LogP contribution in [-0.2, 0) is 10.1 Å². The second-order valence-corrected chi connectivity index (χ2v) is 13.1. The van der Waals surface area contributed by atoms with E-state index >= 15 is 0 Å². The number of carbonyl (C=O) groups excluding carboxylic acids is 1. The average Bonchev–Trinajstić information content (AvgIpc) is 3.71. The van der Waals surface area contributed by atoms with Gasteiger partial charge in [-0.05, 0) is 74.5 Å². The molecule has 60 heavy (non-hydrogen) atoms. The molecule has 0 atom stereocenters. The molecule has 0 bridgehead atoms. The fourth-order valence-corrected chi connectivity index (χ4v) is 5.94. The Morgan fingerprint density at radius 3 is 2.12 bits per heavy atom. The van der Waals surface area contributed by atoms with E-state index in [2.05, 4.69) is 51.2 Å². The third-order valence-electron chi connectivity index (χ3n) is 7.94. The second kappa shape index (κ2) is 20.4. The Kier molecular flexibility index (Phi) is 15.9. The fraction of sp³-hybridized carbons (Fsp3) is 0.111. The Balaban J connectivity index is 0.00000397. The molecular formula is C36H31N11Na2O10S. The number of nitrogens with two attached hydrogens (primary N) is 1. The van der Waals surface area contributed by atoms with E-state index in [1.807, 2.05) is 0 Å². The van der Waals surface area contributed by atoms with Gasteiger partial charge in [-0.25, -0.2) is 4.79 Å². The molecule has 6 rings (SSSR count). The number of nitrogens with zero attached hydrogens (tertiary/aromatic N) is 8. The maximum Gasteiger partial charge on any atom is 0.339 e. The van der Waals surface area contributed by atoms with E-state index in [0.29, 0.717) is 5.69 Å². The van der Waals surface area contributed by atoms with E-state index in [4.69, 9.17) is 15.2 Å². The summed E-state index contributed by atoms with van der Waals surface area (Å²) < 4.78 is 47.0. The number of amides is 1. The minimum absolute atomic E-state index is 0. The van der Waals surface area contributed by atoms with Crippen molar-refractivity contribution in [2.75, 3.05) is 24.3 Å². The maximum absolute atomic E-state index is 13.4. The summed E-state index contributed by atoms with van der Waals surface area (Å²) in [6, 6.07) is 16.3. The monoisotopic (exact) mass is 855 g/mol. The molecule has 1 heterocycles. The van der Waals surface area contributed by atoms with Gasteiger partial charge in [0.2, 0.25) is 0 Å². The quantitative estimate of drug-likeness (QED) is 0.0243. The first-order valence-corrected chi connectivity index (χ1v) is 18.3. The van der Waals surface area contributed by atoms with Crippen LogP contribution in [0.15, 0.2) is 115 Å². The number of H-pyrrole nitrogens is 1. The van der Waals surface area contributed by atoms with Gasteiger partial charge in [-0.1, -0.05) is 0 Å². The average molecular weight is 856 g/mol. The second-order valence-electron chi connectivity index (χ2n) is 11.7. The molecule has 2 radical (unpaired) electrons. The summed E-state index contributed by atoms with van der Waals surface area (Å²) in [5, 5.41) is 63.4. The Labute approximate surface area is 384 Å². The molecule has 1 amide bonds. The number of nitrogen functional groups attached to an aromatic ring is 1. The molecule has 5 aromatic carbocycles. The molecule has 0 saturated heterocycles. The number of hydrogen-bond acceptors (Lipinski definition) is 17. The van der Waals surface area contributed by atoms with Crippen LogP contribution >= 0.6 is 0 Å². The van der Waals surface area contributed by atoms with Gasteiger partial charge in [-0.3, -0.25) is 14.4 Å². The minimum Gasteiger partial charge on any atom is -0.507 e. The van der Waals surface area contributed by atoms with Crippen molar-refractivity contribution in [3.05, 3.63) is 90.3 Å². The normalized spacial score (nSPS) is 11.4. The Morgan fingerprint density at radius 1 is 0.800 bits per heavy atom. The van der Waals surface area contributed by atoms with Crippen molar-refractivity contribution >= 4 is 138 Å². The van der Waals surface area contributed by atoms with Crippen molar-refractivity contribution in [1.82, 2.24) is 15.2 Å². The number of carboxylic acids is 1. The summed E-state index contributed by atoms with van der Waals surface area (Å²) in [6.07, 6.45) is 1.26. The summed E-state index contributed by atoms with van der Waals surface area (Å²) in [6.45, 7) is 3.68. The molecule has 24 heteroatoms. The van der Waals surface area contributed by atoms with Crippen molar-refractivity contribution in [3.8, 4) is 23.0 Å². The minimum atomic E-state index is -5.05. The molecule has 0 spiro atoms. The van der Waals surface area contributed by atoms with Gasteiger partial charge in [0.15, 0.2) is 5.75 Å². The molecule has 0 aliphatic carbocycles. The third kappa shape index (κ3) is 10.8. The standard InChI is InChI=1S/C36H31N11O10S.2Na/c1-3-56-28-16-26(43-45-32-30(58(53,54)55)14-22-21(33(32)49)10-11-24(37)31(22)44-47-36-38-17-39-46-36)29(57-4-2)15-25(28)40-34(50)18-5-7-19(8-6-18)41-42-20-9-12-27(48)23(13-20)35(51)52;;/h5-17,48-49H,3-4,37H2,1-2H3,(H,40,50)(H,51,52)(H,38,39,46)(H,53,54,55);;. The number of ether oxygens (including phenoxy) is 2. The van der Waals surface area contributed by atoms with Gasteiger partial charge < -0.3 is 35.8 Å². The van der Waals surface area contributed by atoms with E-state index in [-0.39, 0.29) is 140 Å². The molecule has 1 aromatic heterocycles. The molecule has 0 fully saturated rings. The van der Waals surface area contributed by atoms with E-state index in [9.17, 15) is 37.9 Å². The zero-order valence-corrected chi connectivity index (χ0v) is 37.0. The predicted octanol–water partition coefficient (Wildman–Crippen LogP) is 7.43. The smallest absolute Gasteiger partial charge is 0.339 e. The van der Waals surface area contributed by atoms with Crippen LogP contribution in [0.5, 0.6) is 23.0 Å². The number of rotatable bonds is 14. The van der Waals surface area contributed by atoms with Crippen molar-refractivity contribution in [1.29, 1.82) is 0 Å². The molecule has 6 aromatic rings. The number of nitrogens with one attached hydrogen (secondary N) is 2. The number of benzene rings is 5. The van der Waals surface area contributed by atoms with E-state index in [1.54, 1.807) is 13.8 Å². The predicted molar refractivity (Wildman–Crippen MR) is 218 cm³/mol. The largest absolute Gasteiger partial charge is 0.507 e. The number of phenolic OH excluding ortho intramolecular Hbond substituents is 1. The van der Waals surface area contributed by atoms with Crippen molar-refractivity contribution in [3.63, 3.8) is 0 Å². The Hall–Kier alpha value is -5.85. The van der Waals surface area contributed by atoms with Gasteiger partial charge in [0.05, 0.1) is 36.0 Å². The Morgan fingerprint density at radius 2 is 1.47 bits per heavy atom. The molecular weight excluding hydrogens is 825 g/mol. The SMILES string of the molecule is CCOc1cc(NC(=O)c2ccc(N=Nc3ccc(O)c(C(=O)O)c3)cc2)c(OCC)cc1N=Nc1c(S(=O)(=O)O)cc2c(N=Nc3nc[nH]n3)c(N)ccc2c1O.[Na].[Na]. The number of azo groups is 3. The number of fused-ring (bicyclic) bond motifs is 1. The van der Waals surface area contributed by atoms with Gasteiger partial charge in [-0.2, -0.15) is 23.6 Å². The van der Waals surface area contributed by atoms with Crippen LogP contribution in [0.4, 0.5) is 45.8 Å². The van der Waals surface area contributed by atoms with Gasteiger partial charge in [0, 0.05) is 87.6 Å². The van der Waals surface area contributed by atoms with Gasteiger partial charge in [-0.15, -0.1) is 25.6 Å². The number of carbonyl (C=O) groups is 2. The van der Waals surface area contributed by atoms with Crippen LogP contribution in [-0.4, -0.2) is 128 Å². The zero-order chi connectivity index (χ0) is 41.6. The topological polar surface area (TPSA) is 321 Å². The molecule has 0 unspecified atom stereocenters. The van der Waals surface area contributed by atoms with E-state index < -0.39 is 44.1 Å². The Bertz CT molecular complexity index is 2750. The number of anilines is 2. The van der Waals surface area contributed by atoms with Gasteiger partial charge >= 0.3 is 5.97 Å². The van der Waals surface area contributed by atoms with Crippen molar-refractivity contribution < 1.29 is 47.4 Å².